The summed E-state index contributed by atoms with van der Waals surface area (Å²) in [7, 11) is 2.06. The van der Waals surface area contributed by atoms with Crippen LogP contribution in [0.25, 0.3) is 0 Å². The fourth-order valence-electron chi connectivity index (χ4n) is 2.33. The van der Waals surface area contributed by atoms with Gasteiger partial charge in [-0.05, 0) is 25.6 Å². The van der Waals surface area contributed by atoms with E-state index in [4.69, 9.17) is 4.74 Å². The average molecular weight is 305 g/mol. The Morgan fingerprint density at radius 1 is 1.27 bits per heavy atom. The number of carbonyl (C=O) groups is 2. The lowest BCUT2D eigenvalue weighted by atomic mass is 10.2. The van der Waals surface area contributed by atoms with Crippen molar-refractivity contribution >= 4 is 11.8 Å². The quantitative estimate of drug-likeness (QED) is 0.790. The van der Waals surface area contributed by atoms with Crippen LogP contribution in [0.4, 0.5) is 0 Å². The van der Waals surface area contributed by atoms with Crippen molar-refractivity contribution in [1.29, 1.82) is 0 Å². The zero-order valence-electron chi connectivity index (χ0n) is 12.9. The molecule has 22 heavy (non-hydrogen) atoms. The van der Waals surface area contributed by atoms with E-state index in [-0.39, 0.29) is 24.5 Å². The number of hydrogen-bond donors (Lipinski definition) is 2. The molecule has 0 saturated carbocycles. The van der Waals surface area contributed by atoms with Gasteiger partial charge < -0.3 is 20.3 Å². The summed E-state index contributed by atoms with van der Waals surface area (Å²) in [6, 6.07) is 8.84. The van der Waals surface area contributed by atoms with Gasteiger partial charge in [0.25, 0.3) is 5.91 Å². The second-order valence-electron chi connectivity index (χ2n) is 5.44. The summed E-state index contributed by atoms with van der Waals surface area (Å²) in [6.07, 6.45) is 0.945. The molecule has 0 aromatic heterocycles. The number of amides is 2. The highest BCUT2D eigenvalue weighted by atomic mass is 16.5. The molecule has 1 aliphatic rings. The summed E-state index contributed by atoms with van der Waals surface area (Å²) in [6.45, 7) is 3.12. The topological polar surface area (TPSA) is 70.7 Å². The van der Waals surface area contributed by atoms with Crippen molar-refractivity contribution in [3.8, 4) is 0 Å². The molecule has 0 radical (unpaired) electrons. The zero-order valence-corrected chi connectivity index (χ0v) is 12.9. The van der Waals surface area contributed by atoms with E-state index in [1.807, 2.05) is 6.07 Å². The van der Waals surface area contributed by atoms with Crippen molar-refractivity contribution in [3.63, 3.8) is 0 Å². The molecule has 1 aromatic carbocycles. The van der Waals surface area contributed by atoms with Gasteiger partial charge in [-0.2, -0.15) is 0 Å². The van der Waals surface area contributed by atoms with Crippen LogP contribution in [0, 0.1) is 0 Å². The van der Waals surface area contributed by atoms with E-state index in [2.05, 4.69) is 22.6 Å². The Bertz CT molecular complexity index is 493. The fraction of sp³-hybridized carbons (Fsp3) is 0.500. The predicted octanol–water partition coefficient (Wildman–Crippen LogP) is 0.253. The maximum Gasteiger partial charge on any atom is 0.251 e. The molecule has 1 atom stereocenters. The number of ether oxygens (including phenoxy) is 1. The highest BCUT2D eigenvalue weighted by Gasteiger charge is 2.17. The van der Waals surface area contributed by atoms with Gasteiger partial charge in [-0.1, -0.05) is 18.2 Å². The summed E-state index contributed by atoms with van der Waals surface area (Å²) in [5, 5.41) is 5.40. The van der Waals surface area contributed by atoms with Gasteiger partial charge in [0.2, 0.25) is 5.91 Å². The molecule has 1 unspecified atom stereocenters. The number of nitrogens with one attached hydrogen (secondary N) is 2. The van der Waals surface area contributed by atoms with E-state index in [0.717, 1.165) is 26.1 Å². The van der Waals surface area contributed by atoms with E-state index in [1.54, 1.807) is 24.3 Å². The highest BCUT2D eigenvalue weighted by Crippen LogP contribution is 2.05. The zero-order chi connectivity index (χ0) is 15.8. The van der Waals surface area contributed by atoms with Crippen molar-refractivity contribution in [3.05, 3.63) is 35.9 Å². The molecule has 2 amide bonds. The third-order valence-corrected chi connectivity index (χ3v) is 3.58. The minimum absolute atomic E-state index is 0.0147. The van der Waals surface area contributed by atoms with Crippen LogP contribution in [-0.2, 0) is 9.53 Å². The SMILES string of the molecule is CN1CCOC(CCNC(=O)CNC(=O)c2ccccc2)C1. The standard InChI is InChI=1S/C16H23N3O3/c1-19-9-10-22-14(12-19)7-8-17-15(20)11-18-16(21)13-5-3-2-4-6-13/h2-6,14H,7-12H2,1H3,(H,17,20)(H,18,21). The summed E-state index contributed by atoms with van der Waals surface area (Å²) in [5.41, 5.74) is 0.550. The minimum Gasteiger partial charge on any atom is -0.375 e. The first-order valence-corrected chi connectivity index (χ1v) is 7.55. The lowest BCUT2D eigenvalue weighted by Gasteiger charge is -2.30. The van der Waals surface area contributed by atoms with E-state index in [9.17, 15) is 9.59 Å². The van der Waals surface area contributed by atoms with E-state index < -0.39 is 0 Å². The van der Waals surface area contributed by atoms with Crippen LogP contribution in [0.5, 0.6) is 0 Å². The van der Waals surface area contributed by atoms with Gasteiger partial charge in [0, 0.05) is 25.2 Å². The van der Waals surface area contributed by atoms with Crippen LogP contribution in [0.2, 0.25) is 0 Å². The van der Waals surface area contributed by atoms with Crippen LogP contribution in [0.15, 0.2) is 30.3 Å². The van der Waals surface area contributed by atoms with E-state index in [0.29, 0.717) is 12.1 Å². The Balaban J connectivity index is 1.61. The van der Waals surface area contributed by atoms with Crippen LogP contribution < -0.4 is 10.6 Å². The Labute approximate surface area is 130 Å². The molecule has 1 aromatic rings. The van der Waals surface area contributed by atoms with Gasteiger partial charge in [-0.15, -0.1) is 0 Å². The molecule has 1 heterocycles. The average Bonchev–Trinajstić information content (AvgIpc) is 2.53. The number of benzene rings is 1. The van der Waals surface area contributed by atoms with Crippen LogP contribution in [0.1, 0.15) is 16.8 Å². The third-order valence-electron chi connectivity index (χ3n) is 3.58. The molecule has 6 heteroatoms. The molecule has 120 valence electrons. The van der Waals surface area contributed by atoms with Crippen molar-refractivity contribution in [1.82, 2.24) is 15.5 Å². The Hall–Kier alpha value is -1.92. The summed E-state index contributed by atoms with van der Waals surface area (Å²) in [5.74, 6) is -0.429. The lowest BCUT2D eigenvalue weighted by molar-refractivity contribution is -0.120. The van der Waals surface area contributed by atoms with Crippen LogP contribution >= 0.6 is 0 Å². The van der Waals surface area contributed by atoms with Gasteiger partial charge in [-0.3, -0.25) is 9.59 Å². The second kappa shape index (κ2) is 8.51. The fourth-order valence-corrected chi connectivity index (χ4v) is 2.33. The predicted molar refractivity (Wildman–Crippen MR) is 83.6 cm³/mol. The first kappa shape index (κ1) is 16.5. The summed E-state index contributed by atoms with van der Waals surface area (Å²) < 4.78 is 5.62. The largest absolute Gasteiger partial charge is 0.375 e. The van der Waals surface area contributed by atoms with Gasteiger partial charge in [0.1, 0.15) is 0 Å². The minimum atomic E-state index is -0.243. The van der Waals surface area contributed by atoms with E-state index >= 15 is 0 Å². The molecule has 0 aliphatic carbocycles. The maximum absolute atomic E-state index is 11.8. The molecule has 0 spiro atoms. The number of hydrogen-bond acceptors (Lipinski definition) is 4. The van der Waals surface area contributed by atoms with E-state index in [1.165, 1.54) is 0 Å². The molecule has 1 saturated heterocycles. The van der Waals surface area contributed by atoms with Crippen LogP contribution in [0.3, 0.4) is 0 Å². The first-order valence-electron chi connectivity index (χ1n) is 7.55. The smallest absolute Gasteiger partial charge is 0.251 e. The maximum atomic E-state index is 11.8. The highest BCUT2D eigenvalue weighted by molar-refractivity contribution is 5.96. The Kier molecular flexibility index (Phi) is 6.36. The summed E-state index contributed by atoms with van der Waals surface area (Å²) >= 11 is 0. The molecule has 2 rings (SSSR count). The molecule has 6 nitrogen and oxygen atoms in total. The van der Waals surface area contributed by atoms with Crippen molar-refractivity contribution in [2.45, 2.75) is 12.5 Å². The summed E-state index contributed by atoms with van der Waals surface area (Å²) in [4.78, 5) is 25.7. The van der Waals surface area contributed by atoms with Gasteiger partial charge >= 0.3 is 0 Å². The van der Waals surface area contributed by atoms with Gasteiger partial charge in [0.05, 0.1) is 19.3 Å². The molecule has 1 aliphatic heterocycles. The third kappa shape index (κ3) is 5.46. The monoisotopic (exact) mass is 305 g/mol. The first-order chi connectivity index (χ1) is 10.6. The lowest BCUT2D eigenvalue weighted by Crippen LogP contribution is -2.42. The molecular weight excluding hydrogens is 282 g/mol. The Morgan fingerprint density at radius 2 is 2.05 bits per heavy atom. The normalized spacial score (nSPS) is 18.7. The van der Waals surface area contributed by atoms with Crippen molar-refractivity contribution in [2.75, 3.05) is 39.8 Å². The molecule has 1 fully saturated rings. The van der Waals surface area contributed by atoms with Crippen molar-refractivity contribution in [2.24, 2.45) is 0 Å². The number of rotatable bonds is 6. The van der Waals surface area contributed by atoms with Crippen LogP contribution in [-0.4, -0.2) is 62.7 Å². The number of carbonyl (C=O) groups excluding carboxylic acids is 2. The van der Waals surface area contributed by atoms with Gasteiger partial charge in [-0.25, -0.2) is 0 Å². The number of nitrogens with zero attached hydrogens (tertiary/aromatic N) is 1. The molecular formula is C16H23N3O3. The molecule has 0 bridgehead atoms. The molecule has 2 N–H and O–H groups in total. The van der Waals surface area contributed by atoms with Crippen molar-refractivity contribution < 1.29 is 14.3 Å². The van der Waals surface area contributed by atoms with Gasteiger partial charge in [0.15, 0.2) is 0 Å². The number of likely N-dealkylation sites (N-methyl/N-ethyl adjacent to an activating group) is 1. The Morgan fingerprint density at radius 3 is 2.77 bits per heavy atom. The number of morpholine rings is 1. The second-order valence-corrected chi connectivity index (χ2v) is 5.44.